The Labute approximate surface area is 87.1 Å². The van der Waals surface area contributed by atoms with Crippen LogP contribution in [0.4, 0.5) is 0 Å². The molecule has 0 bridgehead atoms. The molecule has 0 fully saturated rings. The maximum atomic E-state index is 10.6. The van der Waals surface area contributed by atoms with Crippen LogP contribution in [0.1, 0.15) is 22.3 Å². The van der Waals surface area contributed by atoms with Crippen molar-refractivity contribution >= 4 is 17.9 Å². The fourth-order valence-corrected chi connectivity index (χ4v) is 1.17. The molecule has 0 N–H and O–H groups in total. The summed E-state index contributed by atoms with van der Waals surface area (Å²) >= 11 is 5.84. The monoisotopic (exact) mass is 203 g/mol. The van der Waals surface area contributed by atoms with E-state index in [0.717, 1.165) is 0 Å². The molecule has 3 heteroatoms. The molecule has 68 valence electrons. The van der Waals surface area contributed by atoms with Crippen LogP contribution in [0.2, 0.25) is 5.02 Å². The van der Waals surface area contributed by atoms with E-state index in [2.05, 4.69) is 11.8 Å². The van der Waals surface area contributed by atoms with Crippen molar-refractivity contribution in [3.8, 4) is 17.9 Å². The van der Waals surface area contributed by atoms with Gasteiger partial charge in [-0.25, -0.2) is 0 Å². The second kappa shape index (κ2) is 5.07. The number of rotatable bonds is 1. The zero-order chi connectivity index (χ0) is 10.4. The summed E-state index contributed by atoms with van der Waals surface area (Å²) in [6.45, 7) is 0. The summed E-state index contributed by atoms with van der Waals surface area (Å²) in [5.41, 5.74) is 0.933. The largest absolute Gasteiger partial charge is 0.298 e. The molecule has 1 aromatic rings. The third-order valence-corrected chi connectivity index (χ3v) is 1.87. The quantitative estimate of drug-likeness (QED) is 0.520. The van der Waals surface area contributed by atoms with Gasteiger partial charge in [-0.1, -0.05) is 35.6 Å². The second-order valence-electron chi connectivity index (χ2n) is 2.46. The van der Waals surface area contributed by atoms with E-state index in [-0.39, 0.29) is 6.42 Å². The van der Waals surface area contributed by atoms with Crippen molar-refractivity contribution < 1.29 is 4.79 Å². The van der Waals surface area contributed by atoms with Crippen molar-refractivity contribution in [3.63, 3.8) is 0 Å². The van der Waals surface area contributed by atoms with Crippen LogP contribution in [0.3, 0.4) is 0 Å². The summed E-state index contributed by atoms with van der Waals surface area (Å²) in [6, 6.07) is 6.86. The molecule has 0 saturated heterocycles. The molecule has 0 amide bonds. The number of nitriles is 1. The highest BCUT2D eigenvalue weighted by Crippen LogP contribution is 2.17. The normalized spacial score (nSPS) is 8.29. The van der Waals surface area contributed by atoms with Crippen LogP contribution in [-0.2, 0) is 0 Å². The van der Waals surface area contributed by atoms with Gasteiger partial charge in [-0.05, 0) is 6.07 Å². The Morgan fingerprint density at radius 2 is 2.29 bits per heavy atom. The molecule has 0 heterocycles. The number of benzene rings is 1. The predicted molar refractivity (Wildman–Crippen MR) is 53.9 cm³/mol. The average Bonchev–Trinajstić information content (AvgIpc) is 2.20. The van der Waals surface area contributed by atoms with Gasteiger partial charge < -0.3 is 0 Å². The lowest BCUT2D eigenvalue weighted by atomic mass is 10.1. The maximum absolute atomic E-state index is 10.6. The first-order valence-electron chi connectivity index (χ1n) is 3.89. The molecular weight excluding hydrogens is 198 g/mol. The fraction of sp³-hybridized carbons (Fsp3) is 0.0909. The van der Waals surface area contributed by atoms with E-state index < -0.39 is 0 Å². The van der Waals surface area contributed by atoms with Crippen molar-refractivity contribution in [2.45, 2.75) is 6.42 Å². The van der Waals surface area contributed by atoms with Crippen molar-refractivity contribution in [2.75, 3.05) is 0 Å². The van der Waals surface area contributed by atoms with Crippen LogP contribution >= 0.6 is 11.6 Å². The van der Waals surface area contributed by atoms with Crippen LogP contribution in [0.25, 0.3) is 0 Å². The minimum absolute atomic E-state index is 0.128. The zero-order valence-corrected chi connectivity index (χ0v) is 8.01. The molecule has 0 unspecified atom stereocenters. The molecule has 2 nitrogen and oxygen atoms in total. The molecule has 0 aliphatic heterocycles. The summed E-state index contributed by atoms with van der Waals surface area (Å²) in [6.07, 6.45) is 0.825. The molecule has 1 aromatic carbocycles. The molecule has 1 rings (SSSR count). The number of hydrogen-bond acceptors (Lipinski definition) is 2. The molecular formula is C11H6ClNO. The number of nitrogens with zero attached hydrogens (tertiary/aromatic N) is 1. The number of aldehydes is 1. The highest BCUT2D eigenvalue weighted by Gasteiger charge is 2.02. The standard InChI is InChI=1S/C11H6ClNO/c12-11-6-3-4-9(8-14)10(11)5-1-2-7-13/h3-4,6,8H,2H2. The molecule has 0 atom stereocenters. The number of carbonyl (C=O) groups is 1. The van der Waals surface area contributed by atoms with Gasteiger partial charge in [-0.15, -0.1) is 0 Å². The molecule has 0 saturated carbocycles. The van der Waals surface area contributed by atoms with Gasteiger partial charge in [0.1, 0.15) is 0 Å². The first-order valence-corrected chi connectivity index (χ1v) is 4.27. The SMILES string of the molecule is N#CCC#Cc1c(Cl)cccc1C=O. The van der Waals surface area contributed by atoms with Crippen LogP contribution < -0.4 is 0 Å². The Morgan fingerprint density at radius 1 is 1.50 bits per heavy atom. The van der Waals surface area contributed by atoms with Gasteiger partial charge in [0.05, 0.1) is 23.1 Å². The second-order valence-corrected chi connectivity index (χ2v) is 2.87. The fourth-order valence-electron chi connectivity index (χ4n) is 0.943. The first kappa shape index (κ1) is 10.3. The van der Waals surface area contributed by atoms with Crippen LogP contribution in [0, 0.1) is 23.2 Å². The summed E-state index contributed by atoms with van der Waals surface area (Å²) in [4.78, 5) is 10.6. The number of halogens is 1. The Hall–Kier alpha value is -1.77. The third-order valence-electron chi connectivity index (χ3n) is 1.55. The molecule has 0 spiro atoms. The number of carbonyl (C=O) groups excluding carboxylic acids is 1. The lowest BCUT2D eigenvalue weighted by Gasteiger charge is -1.97. The Balaban J connectivity index is 3.14. The molecule has 0 aliphatic rings. The average molecular weight is 204 g/mol. The topological polar surface area (TPSA) is 40.9 Å². The lowest BCUT2D eigenvalue weighted by Crippen LogP contribution is -1.87. The lowest BCUT2D eigenvalue weighted by molar-refractivity contribution is 0.112. The summed E-state index contributed by atoms with van der Waals surface area (Å²) in [5, 5.41) is 8.72. The minimum Gasteiger partial charge on any atom is -0.298 e. The minimum atomic E-state index is 0.128. The number of hydrogen-bond donors (Lipinski definition) is 0. The third kappa shape index (κ3) is 2.36. The molecule has 0 aromatic heterocycles. The zero-order valence-electron chi connectivity index (χ0n) is 7.25. The maximum Gasteiger partial charge on any atom is 0.151 e. The van der Waals surface area contributed by atoms with E-state index in [0.29, 0.717) is 22.4 Å². The van der Waals surface area contributed by atoms with Crippen molar-refractivity contribution in [3.05, 3.63) is 34.3 Å². The summed E-state index contributed by atoms with van der Waals surface area (Å²) in [5.74, 6) is 5.31. The van der Waals surface area contributed by atoms with Gasteiger partial charge in [0.2, 0.25) is 0 Å². The van der Waals surface area contributed by atoms with E-state index in [1.165, 1.54) is 0 Å². The van der Waals surface area contributed by atoms with E-state index >= 15 is 0 Å². The Kier molecular flexibility index (Phi) is 3.73. The van der Waals surface area contributed by atoms with Gasteiger partial charge in [0, 0.05) is 5.56 Å². The van der Waals surface area contributed by atoms with E-state index in [9.17, 15) is 4.79 Å². The highest BCUT2D eigenvalue weighted by molar-refractivity contribution is 6.32. The van der Waals surface area contributed by atoms with Gasteiger partial charge >= 0.3 is 0 Å². The van der Waals surface area contributed by atoms with Crippen LogP contribution in [0.5, 0.6) is 0 Å². The van der Waals surface area contributed by atoms with Crippen molar-refractivity contribution in [1.82, 2.24) is 0 Å². The van der Waals surface area contributed by atoms with Gasteiger partial charge in [-0.2, -0.15) is 5.26 Å². The van der Waals surface area contributed by atoms with Crippen LogP contribution in [0.15, 0.2) is 18.2 Å². The van der Waals surface area contributed by atoms with Gasteiger partial charge in [-0.3, -0.25) is 4.79 Å². The summed E-state index contributed by atoms with van der Waals surface area (Å²) < 4.78 is 0. The van der Waals surface area contributed by atoms with Crippen molar-refractivity contribution in [1.29, 1.82) is 5.26 Å². The predicted octanol–water partition coefficient (Wildman–Crippen LogP) is 2.42. The summed E-state index contributed by atoms with van der Waals surface area (Å²) in [7, 11) is 0. The van der Waals surface area contributed by atoms with Gasteiger partial charge in [0.25, 0.3) is 0 Å². The molecule has 0 radical (unpaired) electrons. The van der Waals surface area contributed by atoms with E-state index in [1.54, 1.807) is 18.2 Å². The van der Waals surface area contributed by atoms with Crippen LogP contribution in [-0.4, -0.2) is 6.29 Å². The van der Waals surface area contributed by atoms with Crippen molar-refractivity contribution in [2.24, 2.45) is 0 Å². The molecule has 0 aliphatic carbocycles. The van der Waals surface area contributed by atoms with E-state index in [4.69, 9.17) is 16.9 Å². The van der Waals surface area contributed by atoms with Gasteiger partial charge in [0.15, 0.2) is 6.29 Å². The first-order chi connectivity index (χ1) is 6.79. The highest BCUT2D eigenvalue weighted by atomic mass is 35.5. The Bertz CT molecular complexity index is 449. The Morgan fingerprint density at radius 3 is 2.93 bits per heavy atom. The smallest absolute Gasteiger partial charge is 0.151 e. The van der Waals surface area contributed by atoms with E-state index in [1.807, 2.05) is 6.07 Å². The molecule has 14 heavy (non-hydrogen) atoms.